The van der Waals surface area contributed by atoms with Gasteiger partial charge in [-0.05, 0) is 38.2 Å². The lowest BCUT2D eigenvalue weighted by Crippen LogP contribution is -2.30. The van der Waals surface area contributed by atoms with Gasteiger partial charge in [0.2, 0.25) is 0 Å². The van der Waals surface area contributed by atoms with Crippen molar-refractivity contribution in [1.82, 2.24) is 9.78 Å². The smallest absolute Gasteiger partial charge is 0.0628 e. The van der Waals surface area contributed by atoms with E-state index in [-0.39, 0.29) is 6.04 Å². The van der Waals surface area contributed by atoms with Crippen LogP contribution in [0, 0.1) is 19.8 Å². The summed E-state index contributed by atoms with van der Waals surface area (Å²) in [6, 6.07) is 0.251. The molecule has 2 atom stereocenters. The zero-order valence-electron chi connectivity index (χ0n) is 11.2. The molecule has 1 aromatic heterocycles. The van der Waals surface area contributed by atoms with Crippen molar-refractivity contribution in [3.05, 3.63) is 17.0 Å². The molecule has 3 nitrogen and oxygen atoms in total. The molecule has 0 aromatic carbocycles. The second-order valence-electron chi connectivity index (χ2n) is 4.91. The van der Waals surface area contributed by atoms with Gasteiger partial charge in [-0.15, -0.1) is 0 Å². The number of nitrogens with zero attached hydrogens (tertiary/aromatic N) is 2. The summed E-state index contributed by atoms with van der Waals surface area (Å²) in [6.07, 6.45) is 3.37. The van der Waals surface area contributed by atoms with Gasteiger partial charge in [0.1, 0.15) is 0 Å². The monoisotopic (exact) mass is 223 g/mol. The zero-order chi connectivity index (χ0) is 12.3. The fourth-order valence-corrected chi connectivity index (χ4v) is 2.22. The van der Waals surface area contributed by atoms with Crippen molar-refractivity contribution >= 4 is 0 Å². The maximum absolute atomic E-state index is 6.25. The van der Waals surface area contributed by atoms with Gasteiger partial charge in [-0.1, -0.05) is 20.3 Å². The summed E-state index contributed by atoms with van der Waals surface area (Å²) >= 11 is 0. The van der Waals surface area contributed by atoms with Crippen LogP contribution in [0.25, 0.3) is 0 Å². The van der Waals surface area contributed by atoms with Crippen LogP contribution in [0.15, 0.2) is 0 Å². The maximum atomic E-state index is 6.25. The molecule has 0 fully saturated rings. The third-order valence-corrected chi connectivity index (χ3v) is 3.57. The van der Waals surface area contributed by atoms with E-state index < -0.39 is 0 Å². The summed E-state index contributed by atoms with van der Waals surface area (Å²) in [4.78, 5) is 0. The van der Waals surface area contributed by atoms with Gasteiger partial charge in [0.25, 0.3) is 0 Å². The average Bonchev–Trinajstić information content (AvgIpc) is 2.45. The van der Waals surface area contributed by atoms with Crippen LogP contribution < -0.4 is 5.73 Å². The van der Waals surface area contributed by atoms with Crippen LogP contribution in [0.5, 0.6) is 0 Å². The molecule has 2 N–H and O–H groups in total. The van der Waals surface area contributed by atoms with Crippen LogP contribution in [0.3, 0.4) is 0 Å². The molecule has 0 bridgehead atoms. The van der Waals surface area contributed by atoms with Crippen molar-refractivity contribution in [3.63, 3.8) is 0 Å². The van der Waals surface area contributed by atoms with Gasteiger partial charge in [-0.2, -0.15) is 5.10 Å². The Labute approximate surface area is 99.0 Å². The van der Waals surface area contributed by atoms with E-state index in [1.54, 1.807) is 0 Å². The van der Waals surface area contributed by atoms with Gasteiger partial charge in [0, 0.05) is 18.8 Å². The second-order valence-corrected chi connectivity index (χ2v) is 4.91. The maximum Gasteiger partial charge on any atom is 0.0628 e. The third kappa shape index (κ3) is 2.85. The second kappa shape index (κ2) is 5.48. The van der Waals surface area contributed by atoms with E-state index in [4.69, 9.17) is 5.73 Å². The van der Waals surface area contributed by atoms with Crippen molar-refractivity contribution in [1.29, 1.82) is 0 Å². The molecule has 0 radical (unpaired) electrons. The van der Waals surface area contributed by atoms with E-state index in [9.17, 15) is 0 Å². The first-order chi connectivity index (χ1) is 7.47. The largest absolute Gasteiger partial charge is 0.327 e. The summed E-state index contributed by atoms with van der Waals surface area (Å²) in [7, 11) is 1.99. The van der Waals surface area contributed by atoms with Crippen LogP contribution in [-0.4, -0.2) is 15.8 Å². The third-order valence-electron chi connectivity index (χ3n) is 3.57. The standard InChI is InChI=1S/C13H25N3/c1-6-7-9(2)13(14)8-12-10(3)15-16(5)11(12)4/h9,13H,6-8,14H2,1-5H3. The van der Waals surface area contributed by atoms with Crippen molar-refractivity contribution in [2.75, 3.05) is 0 Å². The molecule has 0 saturated heterocycles. The molecule has 1 aromatic rings. The Kier molecular flexibility index (Phi) is 4.54. The highest BCUT2D eigenvalue weighted by atomic mass is 15.3. The van der Waals surface area contributed by atoms with Gasteiger partial charge in [-0.25, -0.2) is 0 Å². The molecule has 0 saturated carbocycles. The van der Waals surface area contributed by atoms with Crippen LogP contribution in [-0.2, 0) is 13.5 Å². The summed E-state index contributed by atoms with van der Waals surface area (Å²) in [5.74, 6) is 0.587. The highest BCUT2D eigenvalue weighted by molar-refractivity contribution is 5.25. The zero-order valence-corrected chi connectivity index (χ0v) is 11.2. The molecule has 0 amide bonds. The van der Waals surface area contributed by atoms with E-state index in [1.807, 2.05) is 11.7 Å². The molecular weight excluding hydrogens is 198 g/mol. The molecule has 2 unspecified atom stereocenters. The normalized spacial score (nSPS) is 15.1. The minimum atomic E-state index is 0.251. The van der Waals surface area contributed by atoms with Crippen molar-refractivity contribution in [3.8, 4) is 0 Å². The summed E-state index contributed by atoms with van der Waals surface area (Å²) in [5, 5.41) is 4.43. The van der Waals surface area contributed by atoms with Crippen molar-refractivity contribution < 1.29 is 0 Å². The molecule has 1 rings (SSSR count). The first-order valence-corrected chi connectivity index (χ1v) is 6.22. The number of rotatable bonds is 5. The fourth-order valence-electron chi connectivity index (χ4n) is 2.22. The first-order valence-electron chi connectivity index (χ1n) is 6.22. The first kappa shape index (κ1) is 13.2. The van der Waals surface area contributed by atoms with Gasteiger partial charge < -0.3 is 5.73 Å². The molecule has 92 valence electrons. The Bertz CT molecular complexity index is 341. The molecule has 3 heteroatoms. The fraction of sp³-hybridized carbons (Fsp3) is 0.769. The van der Waals surface area contributed by atoms with Crippen LogP contribution in [0.1, 0.15) is 43.6 Å². The quantitative estimate of drug-likeness (QED) is 0.832. The Morgan fingerprint density at radius 2 is 2.00 bits per heavy atom. The van der Waals surface area contributed by atoms with Gasteiger partial charge in [0.05, 0.1) is 5.69 Å². The van der Waals surface area contributed by atoms with E-state index >= 15 is 0 Å². The lowest BCUT2D eigenvalue weighted by atomic mass is 9.92. The number of aryl methyl sites for hydroxylation is 2. The summed E-state index contributed by atoms with van der Waals surface area (Å²) in [6.45, 7) is 8.64. The van der Waals surface area contributed by atoms with E-state index in [0.717, 1.165) is 12.1 Å². The molecule has 1 heterocycles. The minimum Gasteiger partial charge on any atom is -0.327 e. The average molecular weight is 223 g/mol. The van der Waals surface area contributed by atoms with Crippen LogP contribution in [0.4, 0.5) is 0 Å². The Morgan fingerprint density at radius 1 is 1.38 bits per heavy atom. The van der Waals surface area contributed by atoms with E-state index in [1.165, 1.54) is 24.1 Å². The predicted molar refractivity (Wildman–Crippen MR) is 68.4 cm³/mol. The van der Waals surface area contributed by atoms with Gasteiger partial charge >= 0.3 is 0 Å². The highest BCUT2D eigenvalue weighted by Crippen LogP contribution is 2.18. The molecular formula is C13H25N3. The van der Waals surface area contributed by atoms with Gasteiger partial charge in [-0.3, -0.25) is 4.68 Å². The lowest BCUT2D eigenvalue weighted by molar-refractivity contribution is 0.419. The lowest BCUT2D eigenvalue weighted by Gasteiger charge is -2.19. The SMILES string of the molecule is CCCC(C)C(N)Cc1c(C)nn(C)c1C. The number of nitrogens with two attached hydrogens (primary N) is 1. The highest BCUT2D eigenvalue weighted by Gasteiger charge is 2.17. The Balaban J connectivity index is 2.72. The summed E-state index contributed by atoms with van der Waals surface area (Å²) in [5.41, 5.74) is 9.95. The Morgan fingerprint density at radius 3 is 2.44 bits per heavy atom. The van der Waals surface area contributed by atoms with Crippen LogP contribution >= 0.6 is 0 Å². The van der Waals surface area contributed by atoms with Gasteiger partial charge in [0.15, 0.2) is 0 Å². The van der Waals surface area contributed by atoms with E-state index in [0.29, 0.717) is 5.92 Å². The molecule has 0 aliphatic rings. The predicted octanol–water partition coefficient (Wildman–Crippen LogP) is 2.34. The minimum absolute atomic E-state index is 0.251. The molecule has 16 heavy (non-hydrogen) atoms. The molecule has 0 spiro atoms. The molecule has 0 aliphatic carbocycles. The Hall–Kier alpha value is -0.830. The summed E-state index contributed by atoms with van der Waals surface area (Å²) < 4.78 is 1.95. The van der Waals surface area contributed by atoms with E-state index in [2.05, 4.69) is 32.8 Å². The number of hydrogen-bond acceptors (Lipinski definition) is 2. The van der Waals surface area contributed by atoms with Crippen molar-refractivity contribution in [2.24, 2.45) is 18.7 Å². The number of aromatic nitrogens is 2. The molecule has 0 aliphatic heterocycles. The van der Waals surface area contributed by atoms with Crippen LogP contribution in [0.2, 0.25) is 0 Å². The number of hydrogen-bond donors (Lipinski definition) is 1. The van der Waals surface area contributed by atoms with Crippen molar-refractivity contribution in [2.45, 2.75) is 53.0 Å². The topological polar surface area (TPSA) is 43.8 Å².